The summed E-state index contributed by atoms with van der Waals surface area (Å²) in [5, 5.41) is 4.18. The van der Waals surface area contributed by atoms with E-state index in [1.165, 1.54) is 0 Å². The van der Waals surface area contributed by atoms with Gasteiger partial charge in [-0.25, -0.2) is 9.36 Å². The molecule has 46 heavy (non-hydrogen) atoms. The Labute approximate surface area is 268 Å². The molecule has 1 aromatic carbocycles. The fourth-order valence-electron chi connectivity index (χ4n) is 4.91. The number of phosphoric acid groups is 1. The van der Waals surface area contributed by atoms with Gasteiger partial charge in [-0.1, -0.05) is 55.5 Å². The second kappa shape index (κ2) is 15.9. The highest BCUT2D eigenvalue weighted by molar-refractivity contribution is 7.48. The molecule has 0 unspecified atom stereocenters. The monoisotopic (exact) mass is 683 g/mol. The van der Waals surface area contributed by atoms with Crippen molar-refractivity contribution in [1.29, 1.82) is 0 Å². The van der Waals surface area contributed by atoms with Gasteiger partial charge in [0.05, 0.1) is 19.3 Å². The van der Waals surface area contributed by atoms with Gasteiger partial charge >= 0.3 is 25.5 Å². The van der Waals surface area contributed by atoms with Crippen molar-refractivity contribution in [3.63, 3.8) is 0 Å². The van der Waals surface area contributed by atoms with Crippen LogP contribution in [0.5, 0.6) is 0 Å². The van der Waals surface area contributed by atoms with Gasteiger partial charge in [-0.3, -0.25) is 37.5 Å². The first-order valence-corrected chi connectivity index (χ1v) is 16.6. The number of H-pyrrole nitrogens is 1. The number of benzene rings is 1. The molecule has 0 spiro atoms. The molecule has 1 N–H and O–H groups in total. The Kier molecular flexibility index (Phi) is 12.2. The van der Waals surface area contributed by atoms with Crippen molar-refractivity contribution in [1.82, 2.24) is 9.55 Å². The van der Waals surface area contributed by atoms with E-state index in [9.17, 15) is 29.3 Å². The Balaban J connectivity index is 1.73. The molecule has 0 radical (unpaired) electrons. The number of hydrogen-bond donors (Lipinski definition) is 1. The third kappa shape index (κ3) is 8.65. The van der Waals surface area contributed by atoms with E-state index in [2.05, 4.69) is 15.0 Å². The van der Waals surface area contributed by atoms with E-state index >= 15 is 0 Å². The lowest BCUT2D eigenvalue weighted by Gasteiger charge is -2.33. The van der Waals surface area contributed by atoms with Crippen LogP contribution in [-0.4, -0.2) is 52.6 Å². The van der Waals surface area contributed by atoms with E-state index < -0.39 is 67.9 Å². The van der Waals surface area contributed by atoms with Crippen molar-refractivity contribution in [2.45, 2.75) is 89.1 Å². The summed E-state index contributed by atoms with van der Waals surface area (Å²) in [6.07, 6.45) is -2.08. The highest BCUT2D eigenvalue weighted by atomic mass is 35.5. The number of halogens is 1. The number of carbonyl (C=O) groups excluding carboxylic acids is 2. The van der Waals surface area contributed by atoms with Crippen molar-refractivity contribution in [3.05, 3.63) is 78.4 Å². The van der Waals surface area contributed by atoms with E-state index in [1.807, 2.05) is 13.8 Å². The molecule has 2 fully saturated rings. The van der Waals surface area contributed by atoms with Crippen LogP contribution in [0.2, 0.25) is 5.02 Å². The molecule has 2 saturated heterocycles. The Morgan fingerprint density at radius 1 is 1.17 bits per heavy atom. The largest absolute Gasteiger partial charge is 0.475 e. The number of aromatic amines is 1. The summed E-state index contributed by atoms with van der Waals surface area (Å²) >= 11 is 6.11. The SMILES string of the molecule is CCCCC(=O)O[C@H]1[C@H](n2ccc(=O)[nH]c2=O)O[C@@](CO[P@@]2(=O)OCC[C@@H](c3cccc(Cl)c3)O2)(N=[N+]=[N-])[C@H]1OC(=O)CCCC. The van der Waals surface area contributed by atoms with Crippen LogP contribution < -0.4 is 11.2 Å². The highest BCUT2D eigenvalue weighted by Gasteiger charge is 2.61. The molecule has 6 atom stereocenters. The summed E-state index contributed by atoms with van der Waals surface area (Å²) in [5.74, 6) is -1.48. The van der Waals surface area contributed by atoms with Crippen LogP contribution in [0.25, 0.3) is 10.4 Å². The number of aromatic nitrogens is 2. The van der Waals surface area contributed by atoms with Gasteiger partial charge in [0, 0.05) is 41.5 Å². The zero-order valence-electron chi connectivity index (χ0n) is 25.2. The quantitative estimate of drug-likeness (QED) is 0.0895. The topological polar surface area (TPSA) is 210 Å². The van der Waals surface area contributed by atoms with Gasteiger partial charge in [0.25, 0.3) is 5.56 Å². The molecule has 2 aliphatic rings. The first-order valence-electron chi connectivity index (χ1n) is 14.8. The van der Waals surface area contributed by atoms with Gasteiger partial charge in [0.1, 0.15) is 0 Å². The number of unbranched alkanes of at least 4 members (excludes halogenated alkanes) is 2. The van der Waals surface area contributed by atoms with Crippen molar-refractivity contribution in [3.8, 4) is 0 Å². The smallest absolute Gasteiger partial charge is 0.455 e. The molecule has 0 bridgehead atoms. The second-order valence-corrected chi connectivity index (χ2v) is 12.7. The van der Waals surface area contributed by atoms with Crippen LogP contribution in [0.4, 0.5) is 0 Å². The van der Waals surface area contributed by atoms with Gasteiger partial charge in [0.2, 0.25) is 5.72 Å². The number of carbonyl (C=O) groups is 2. The maximum absolute atomic E-state index is 13.7. The molecule has 1 aromatic heterocycles. The fourth-order valence-corrected chi connectivity index (χ4v) is 6.52. The van der Waals surface area contributed by atoms with E-state index in [1.54, 1.807) is 24.3 Å². The van der Waals surface area contributed by atoms with Crippen LogP contribution in [0, 0.1) is 0 Å². The highest BCUT2D eigenvalue weighted by Crippen LogP contribution is 2.58. The number of esters is 2. The number of rotatable bonds is 14. The normalized spacial score (nSPS) is 27.5. The van der Waals surface area contributed by atoms with Crippen molar-refractivity contribution in [2.75, 3.05) is 13.2 Å². The van der Waals surface area contributed by atoms with Crippen LogP contribution in [-0.2, 0) is 41.9 Å². The van der Waals surface area contributed by atoms with Gasteiger partial charge in [-0.05, 0) is 36.1 Å². The third-order valence-electron chi connectivity index (χ3n) is 7.22. The molecule has 250 valence electrons. The minimum atomic E-state index is -4.39. The van der Waals surface area contributed by atoms with Gasteiger partial charge in [-0.2, -0.15) is 0 Å². The van der Waals surface area contributed by atoms with Gasteiger partial charge in [-0.15, -0.1) is 0 Å². The Bertz CT molecular complexity index is 1610. The predicted molar refractivity (Wildman–Crippen MR) is 162 cm³/mol. The molecular weight excluding hydrogens is 649 g/mol. The molecule has 0 amide bonds. The van der Waals surface area contributed by atoms with Gasteiger partial charge in [0.15, 0.2) is 18.4 Å². The number of nitrogens with one attached hydrogen (secondary N) is 1. The lowest BCUT2D eigenvalue weighted by Crippen LogP contribution is -2.49. The summed E-state index contributed by atoms with van der Waals surface area (Å²) < 4.78 is 48.9. The number of ether oxygens (including phenoxy) is 3. The Morgan fingerprint density at radius 3 is 2.54 bits per heavy atom. The van der Waals surface area contributed by atoms with Crippen molar-refractivity contribution in [2.24, 2.45) is 5.11 Å². The lowest BCUT2D eigenvalue weighted by atomic mass is 10.0. The summed E-state index contributed by atoms with van der Waals surface area (Å²) in [6, 6.07) is 7.75. The number of hydrogen-bond acceptors (Lipinski definition) is 12. The van der Waals surface area contributed by atoms with E-state index in [0.717, 1.165) is 16.8 Å². The molecule has 2 aromatic rings. The van der Waals surface area contributed by atoms with Crippen LogP contribution in [0.1, 0.15) is 76.7 Å². The first-order chi connectivity index (χ1) is 22.0. The van der Waals surface area contributed by atoms with E-state index in [-0.39, 0.29) is 19.4 Å². The number of azide groups is 1. The Morgan fingerprint density at radius 2 is 1.89 bits per heavy atom. The molecular formula is C28H35ClN5O11P. The van der Waals surface area contributed by atoms with E-state index in [0.29, 0.717) is 42.7 Å². The number of phosphoric ester groups is 1. The maximum Gasteiger partial charge on any atom is 0.475 e. The number of nitrogens with zero attached hydrogens (tertiary/aromatic N) is 4. The second-order valence-electron chi connectivity index (χ2n) is 10.6. The third-order valence-corrected chi connectivity index (χ3v) is 8.91. The van der Waals surface area contributed by atoms with Crippen molar-refractivity contribution >= 4 is 31.4 Å². The summed E-state index contributed by atoms with van der Waals surface area (Å²) in [4.78, 5) is 55.5. The van der Waals surface area contributed by atoms with Crippen LogP contribution >= 0.6 is 19.4 Å². The molecule has 0 saturated carbocycles. The minimum Gasteiger partial charge on any atom is -0.455 e. The molecule has 18 heteroatoms. The predicted octanol–water partition coefficient (Wildman–Crippen LogP) is 5.23. The Hall–Kier alpha value is -3.49. The average molecular weight is 684 g/mol. The molecule has 2 aliphatic heterocycles. The van der Waals surface area contributed by atoms with Crippen LogP contribution in [0.15, 0.2) is 51.2 Å². The molecule has 0 aliphatic carbocycles. The summed E-state index contributed by atoms with van der Waals surface area (Å²) in [7, 11) is -4.39. The van der Waals surface area contributed by atoms with Crippen molar-refractivity contribution < 1.29 is 41.9 Å². The fraction of sp³-hybridized carbons (Fsp3) is 0.571. The zero-order chi connectivity index (χ0) is 33.3. The van der Waals surface area contributed by atoms with Crippen LogP contribution in [0.3, 0.4) is 0 Å². The standard InChI is InChI=1S/C28H35ClN5O11P/c1-3-5-10-22(36)42-24-25(43-23(37)11-6-4-2)28(32-33-30,44-26(24)34-14-12-21(35)31-27(34)38)17-41-46(39)40-15-13-20(45-46)18-8-7-9-19(29)16-18/h7-9,12,14,16,20,24-26H,3-6,10-11,13,15,17H2,1-2H3,(H,31,35,38)/t20-,24+,25-,26+,28+,46+/m0/s1. The lowest BCUT2D eigenvalue weighted by molar-refractivity contribution is -0.173. The minimum absolute atomic E-state index is 0.0243. The van der Waals surface area contributed by atoms with E-state index in [4.69, 9.17) is 39.4 Å². The average Bonchev–Trinajstić information content (AvgIpc) is 3.30. The zero-order valence-corrected chi connectivity index (χ0v) is 26.9. The first kappa shape index (κ1) is 35.4. The maximum atomic E-state index is 13.7. The molecule has 3 heterocycles. The molecule has 4 rings (SSSR count). The summed E-state index contributed by atoms with van der Waals surface area (Å²) in [5.41, 5.74) is 6.22. The van der Waals surface area contributed by atoms with Gasteiger partial charge < -0.3 is 14.2 Å². The molecule has 16 nitrogen and oxygen atoms in total. The summed E-state index contributed by atoms with van der Waals surface area (Å²) in [6.45, 7) is 2.80.